The Morgan fingerprint density at radius 1 is 1.18 bits per heavy atom. The van der Waals surface area contributed by atoms with Crippen LogP contribution in [0.2, 0.25) is 0 Å². The summed E-state index contributed by atoms with van der Waals surface area (Å²) in [6, 6.07) is 0.438. The molecule has 0 unspecified atom stereocenters. The molecule has 0 saturated carbocycles. The van der Waals surface area contributed by atoms with Gasteiger partial charge in [-0.05, 0) is 6.92 Å². The fourth-order valence-corrected chi connectivity index (χ4v) is 0.675. The van der Waals surface area contributed by atoms with Crippen molar-refractivity contribution in [3.63, 3.8) is 0 Å². The molecule has 1 aromatic carbocycles. The molecule has 0 bridgehead atoms. The molecule has 0 aliphatic heterocycles. The van der Waals surface area contributed by atoms with Crippen molar-refractivity contribution in [1.82, 2.24) is 0 Å². The maximum atomic E-state index is 12.5. The normalized spacial score (nSPS) is 10.2. The van der Waals surface area contributed by atoms with Gasteiger partial charge in [-0.15, -0.1) is 0 Å². The Morgan fingerprint density at radius 3 is 2.27 bits per heavy atom. The van der Waals surface area contributed by atoms with Crippen molar-refractivity contribution in [2.45, 2.75) is 6.92 Å². The van der Waals surface area contributed by atoms with Gasteiger partial charge in [-0.2, -0.15) is 0 Å². The van der Waals surface area contributed by atoms with E-state index >= 15 is 0 Å². The Balaban J connectivity index is 3.46. The second-order valence-corrected chi connectivity index (χ2v) is 2.13. The van der Waals surface area contributed by atoms with Crippen LogP contribution < -0.4 is 0 Å². The largest absolute Gasteiger partial charge is 0.503 e. The molecule has 0 radical (unpaired) electrons. The molecule has 4 heteroatoms. The van der Waals surface area contributed by atoms with Gasteiger partial charge < -0.3 is 5.11 Å². The number of rotatable bonds is 0. The van der Waals surface area contributed by atoms with Crippen LogP contribution in [-0.2, 0) is 0 Å². The van der Waals surface area contributed by atoms with Crippen LogP contribution in [0.4, 0.5) is 13.2 Å². The third kappa shape index (κ3) is 1.15. The molecule has 1 nitrogen and oxygen atoms in total. The van der Waals surface area contributed by atoms with Crippen LogP contribution in [0.25, 0.3) is 0 Å². The molecular weight excluding hydrogens is 157 g/mol. The van der Waals surface area contributed by atoms with Crippen molar-refractivity contribution in [3.8, 4) is 5.75 Å². The lowest BCUT2D eigenvalue weighted by atomic mass is 10.2. The van der Waals surface area contributed by atoms with Gasteiger partial charge in [-0.1, -0.05) is 0 Å². The van der Waals surface area contributed by atoms with Crippen molar-refractivity contribution >= 4 is 0 Å². The molecule has 0 aromatic heterocycles. The zero-order valence-electron chi connectivity index (χ0n) is 5.66. The van der Waals surface area contributed by atoms with Crippen molar-refractivity contribution in [2.24, 2.45) is 0 Å². The van der Waals surface area contributed by atoms with Gasteiger partial charge in [-0.3, -0.25) is 0 Å². The summed E-state index contributed by atoms with van der Waals surface area (Å²) in [6.45, 7) is 1.11. The van der Waals surface area contributed by atoms with Crippen molar-refractivity contribution < 1.29 is 18.3 Å². The van der Waals surface area contributed by atoms with Gasteiger partial charge in [0.2, 0.25) is 0 Å². The highest BCUT2D eigenvalue weighted by atomic mass is 19.1. The van der Waals surface area contributed by atoms with E-state index in [1.54, 1.807) is 0 Å². The molecule has 11 heavy (non-hydrogen) atoms. The first-order valence-electron chi connectivity index (χ1n) is 2.87. The summed E-state index contributed by atoms with van der Waals surface area (Å²) >= 11 is 0. The van der Waals surface area contributed by atoms with Crippen LogP contribution in [-0.4, -0.2) is 5.11 Å². The number of phenols is 1. The zero-order chi connectivity index (χ0) is 8.59. The maximum Gasteiger partial charge on any atom is 0.188 e. The van der Waals surface area contributed by atoms with Crippen LogP contribution in [0.3, 0.4) is 0 Å². The van der Waals surface area contributed by atoms with E-state index in [2.05, 4.69) is 0 Å². The number of hydrogen-bond donors (Lipinski definition) is 1. The standard InChI is InChI=1S/C7H5F3O/c1-3-4(8)2-5(9)7(11)6(3)10/h2,11H,1H3. The fraction of sp³-hybridized carbons (Fsp3) is 0.143. The molecule has 1 N–H and O–H groups in total. The number of aromatic hydroxyl groups is 1. The number of hydrogen-bond acceptors (Lipinski definition) is 1. The minimum Gasteiger partial charge on any atom is -0.503 e. The second-order valence-electron chi connectivity index (χ2n) is 2.13. The monoisotopic (exact) mass is 162 g/mol. The summed E-state index contributed by atoms with van der Waals surface area (Å²) in [5.74, 6) is -4.67. The van der Waals surface area contributed by atoms with Gasteiger partial charge in [-0.25, -0.2) is 13.2 Å². The molecule has 0 aliphatic rings. The lowest BCUT2D eigenvalue weighted by Crippen LogP contribution is -1.92. The predicted molar refractivity (Wildman–Crippen MR) is 32.7 cm³/mol. The van der Waals surface area contributed by atoms with Crippen molar-refractivity contribution in [2.75, 3.05) is 0 Å². The molecule has 1 aromatic rings. The average molecular weight is 162 g/mol. The van der Waals surface area contributed by atoms with E-state index in [-0.39, 0.29) is 5.56 Å². The molecule has 0 spiro atoms. The summed E-state index contributed by atoms with van der Waals surface area (Å²) < 4.78 is 37.2. The highest BCUT2D eigenvalue weighted by Crippen LogP contribution is 2.24. The number of phenolic OH excluding ortho intramolecular Hbond substituents is 1. The first-order valence-corrected chi connectivity index (χ1v) is 2.87. The Kier molecular flexibility index (Phi) is 1.76. The summed E-state index contributed by atoms with van der Waals surface area (Å²) in [7, 11) is 0. The Morgan fingerprint density at radius 2 is 1.73 bits per heavy atom. The van der Waals surface area contributed by atoms with Gasteiger partial charge in [0.25, 0.3) is 0 Å². The van der Waals surface area contributed by atoms with Crippen molar-refractivity contribution in [1.29, 1.82) is 0 Å². The third-order valence-electron chi connectivity index (χ3n) is 1.38. The molecule has 0 heterocycles. The van der Waals surface area contributed by atoms with Gasteiger partial charge in [0, 0.05) is 11.6 Å². The molecule has 1 rings (SSSR count). The van der Waals surface area contributed by atoms with E-state index < -0.39 is 23.2 Å². The maximum absolute atomic E-state index is 12.5. The van der Waals surface area contributed by atoms with Crippen LogP contribution in [0.5, 0.6) is 5.75 Å². The first kappa shape index (κ1) is 7.91. The Bertz CT molecular complexity index is 270. The lowest BCUT2D eigenvalue weighted by molar-refractivity contribution is 0.387. The quantitative estimate of drug-likeness (QED) is 0.619. The Labute approximate surface area is 61.1 Å². The van der Waals surface area contributed by atoms with Gasteiger partial charge in [0.1, 0.15) is 5.82 Å². The van der Waals surface area contributed by atoms with Crippen molar-refractivity contribution in [3.05, 3.63) is 29.1 Å². The van der Waals surface area contributed by atoms with E-state index in [0.29, 0.717) is 6.07 Å². The second kappa shape index (κ2) is 2.45. The Hall–Kier alpha value is -1.19. The predicted octanol–water partition coefficient (Wildman–Crippen LogP) is 2.12. The molecule has 0 fully saturated rings. The molecule has 0 aliphatic carbocycles. The zero-order valence-corrected chi connectivity index (χ0v) is 5.66. The van der Waals surface area contributed by atoms with Gasteiger partial charge >= 0.3 is 0 Å². The van der Waals surface area contributed by atoms with E-state index in [1.165, 1.54) is 0 Å². The van der Waals surface area contributed by atoms with Crippen LogP contribution >= 0.6 is 0 Å². The summed E-state index contributed by atoms with van der Waals surface area (Å²) in [5, 5.41) is 8.59. The lowest BCUT2D eigenvalue weighted by Gasteiger charge is -2.01. The first-order chi connectivity index (χ1) is 5.04. The minimum atomic E-state index is -1.29. The molecule has 0 amide bonds. The summed E-state index contributed by atoms with van der Waals surface area (Å²) in [6.07, 6.45) is 0. The molecule has 0 saturated heterocycles. The average Bonchev–Trinajstić information content (AvgIpc) is 1.97. The highest BCUT2D eigenvalue weighted by molar-refractivity contribution is 5.31. The van der Waals surface area contributed by atoms with E-state index in [9.17, 15) is 13.2 Å². The highest BCUT2D eigenvalue weighted by Gasteiger charge is 2.13. The van der Waals surface area contributed by atoms with E-state index in [0.717, 1.165) is 6.92 Å². The van der Waals surface area contributed by atoms with Crippen LogP contribution in [0, 0.1) is 24.4 Å². The topological polar surface area (TPSA) is 20.2 Å². The summed E-state index contributed by atoms with van der Waals surface area (Å²) in [5.41, 5.74) is -0.385. The smallest absolute Gasteiger partial charge is 0.188 e. The minimum absolute atomic E-state index is 0.385. The number of benzene rings is 1. The van der Waals surface area contributed by atoms with E-state index in [1.807, 2.05) is 0 Å². The molecular formula is C7H5F3O. The molecule has 0 atom stereocenters. The SMILES string of the molecule is Cc1c(F)cc(F)c(O)c1F. The van der Waals surface area contributed by atoms with Gasteiger partial charge in [0.15, 0.2) is 17.4 Å². The fourth-order valence-electron chi connectivity index (χ4n) is 0.675. The van der Waals surface area contributed by atoms with Gasteiger partial charge in [0.05, 0.1) is 0 Å². The number of halogens is 3. The summed E-state index contributed by atoms with van der Waals surface area (Å²) in [4.78, 5) is 0. The van der Waals surface area contributed by atoms with Crippen LogP contribution in [0.15, 0.2) is 6.07 Å². The van der Waals surface area contributed by atoms with E-state index in [4.69, 9.17) is 5.11 Å². The molecule has 60 valence electrons. The van der Waals surface area contributed by atoms with Crippen LogP contribution in [0.1, 0.15) is 5.56 Å². The third-order valence-corrected chi connectivity index (χ3v) is 1.38.